The Bertz CT molecular complexity index is 405. The molecule has 1 nitrogen and oxygen atoms in total. The van der Waals surface area contributed by atoms with E-state index in [4.69, 9.17) is 5.73 Å². The summed E-state index contributed by atoms with van der Waals surface area (Å²) in [6, 6.07) is 9.02. The van der Waals surface area contributed by atoms with Crippen molar-refractivity contribution in [3.8, 4) is 0 Å². The summed E-state index contributed by atoms with van der Waals surface area (Å²) in [5.41, 5.74) is 7.97. The molecule has 0 radical (unpaired) electrons. The Kier molecular flexibility index (Phi) is 3.67. The van der Waals surface area contributed by atoms with Crippen molar-refractivity contribution in [2.75, 3.05) is 6.54 Å². The summed E-state index contributed by atoms with van der Waals surface area (Å²) in [6.45, 7) is 0.815. The minimum atomic E-state index is 0.285. The Labute approximate surface area is 115 Å². The van der Waals surface area contributed by atoms with Crippen molar-refractivity contribution in [1.29, 1.82) is 0 Å². The highest BCUT2D eigenvalue weighted by atomic mass is 32.2. The monoisotopic (exact) mass is 261 g/mol. The highest BCUT2D eigenvalue weighted by Gasteiger charge is 2.36. The number of thioether (sulfide) groups is 1. The highest BCUT2D eigenvalue weighted by molar-refractivity contribution is 8.00. The molecule has 2 fully saturated rings. The predicted octanol–water partition coefficient (Wildman–Crippen LogP) is 4.10. The average Bonchev–Trinajstić information content (AvgIpc) is 2.84. The van der Waals surface area contributed by atoms with Crippen LogP contribution >= 0.6 is 11.8 Å². The van der Waals surface area contributed by atoms with Crippen molar-refractivity contribution in [1.82, 2.24) is 0 Å². The number of nitrogens with two attached hydrogens (primary N) is 1. The van der Waals surface area contributed by atoms with Crippen molar-refractivity contribution in [3.05, 3.63) is 29.8 Å². The third-order valence-electron chi connectivity index (χ3n) is 4.76. The molecular weight excluding hydrogens is 238 g/mol. The first kappa shape index (κ1) is 12.6. The van der Waals surface area contributed by atoms with Gasteiger partial charge in [-0.25, -0.2) is 0 Å². The number of benzene rings is 1. The van der Waals surface area contributed by atoms with Crippen LogP contribution in [0, 0.1) is 0 Å². The van der Waals surface area contributed by atoms with Gasteiger partial charge >= 0.3 is 0 Å². The van der Waals surface area contributed by atoms with E-state index in [9.17, 15) is 0 Å². The Balaban J connectivity index is 1.89. The normalized spacial score (nSPS) is 22.9. The molecule has 0 unspecified atom stereocenters. The van der Waals surface area contributed by atoms with Gasteiger partial charge in [0.2, 0.25) is 0 Å². The second-order valence-electron chi connectivity index (χ2n) is 5.86. The first-order valence-electron chi connectivity index (χ1n) is 7.30. The first-order valence-corrected chi connectivity index (χ1v) is 8.18. The summed E-state index contributed by atoms with van der Waals surface area (Å²) >= 11 is 2.10. The lowest BCUT2D eigenvalue weighted by molar-refractivity contribution is 0.444. The van der Waals surface area contributed by atoms with Crippen LogP contribution in [0.5, 0.6) is 0 Å². The molecule has 0 saturated heterocycles. The van der Waals surface area contributed by atoms with E-state index in [1.54, 1.807) is 5.56 Å². The Morgan fingerprint density at radius 3 is 2.44 bits per heavy atom. The molecule has 0 bridgehead atoms. The molecule has 0 aliphatic heterocycles. The quantitative estimate of drug-likeness (QED) is 0.883. The fraction of sp³-hybridized carbons (Fsp3) is 0.625. The second kappa shape index (κ2) is 5.26. The number of hydrogen-bond donors (Lipinski definition) is 1. The fourth-order valence-electron chi connectivity index (χ4n) is 3.31. The van der Waals surface area contributed by atoms with E-state index in [2.05, 4.69) is 36.0 Å². The van der Waals surface area contributed by atoms with Gasteiger partial charge in [-0.05, 0) is 37.3 Å². The van der Waals surface area contributed by atoms with E-state index >= 15 is 0 Å². The summed E-state index contributed by atoms with van der Waals surface area (Å²) in [5, 5.41) is 0.863. The van der Waals surface area contributed by atoms with E-state index < -0.39 is 0 Å². The smallest absolute Gasteiger partial charge is 0.0113 e. The lowest BCUT2D eigenvalue weighted by atomic mass is 9.79. The summed E-state index contributed by atoms with van der Waals surface area (Å²) in [7, 11) is 0. The SMILES string of the molecule is NCC1(c2ccccc2SC2CCC2)CCCC1. The molecule has 2 N–H and O–H groups in total. The molecular formula is C16H23NS. The van der Waals surface area contributed by atoms with Crippen LogP contribution in [0.25, 0.3) is 0 Å². The minimum Gasteiger partial charge on any atom is -0.330 e. The third kappa shape index (κ3) is 2.21. The Hall–Kier alpha value is -0.470. The molecule has 2 aliphatic carbocycles. The fourth-order valence-corrected chi connectivity index (χ4v) is 4.81. The molecule has 1 aromatic rings. The zero-order chi connectivity index (χ0) is 12.4. The lowest BCUT2D eigenvalue weighted by Gasteiger charge is -2.32. The van der Waals surface area contributed by atoms with Gasteiger partial charge in [0.15, 0.2) is 0 Å². The molecule has 0 atom stereocenters. The molecule has 98 valence electrons. The van der Waals surface area contributed by atoms with Gasteiger partial charge in [-0.3, -0.25) is 0 Å². The van der Waals surface area contributed by atoms with Crippen LogP contribution in [0.1, 0.15) is 50.5 Å². The summed E-state index contributed by atoms with van der Waals surface area (Å²) in [4.78, 5) is 1.51. The van der Waals surface area contributed by atoms with E-state index in [0.717, 1.165) is 11.8 Å². The van der Waals surface area contributed by atoms with Gasteiger partial charge in [0, 0.05) is 22.1 Å². The van der Waals surface area contributed by atoms with Crippen molar-refractivity contribution in [2.24, 2.45) is 5.73 Å². The zero-order valence-corrected chi connectivity index (χ0v) is 11.8. The van der Waals surface area contributed by atoms with E-state index in [1.165, 1.54) is 49.8 Å². The second-order valence-corrected chi connectivity index (χ2v) is 7.20. The number of rotatable bonds is 4. The summed E-state index contributed by atoms with van der Waals surface area (Å²) in [6.07, 6.45) is 9.47. The molecule has 2 heteroatoms. The maximum atomic E-state index is 6.14. The third-order valence-corrected chi connectivity index (χ3v) is 6.17. The minimum absolute atomic E-state index is 0.285. The van der Waals surface area contributed by atoms with Crippen LogP contribution in [-0.2, 0) is 5.41 Å². The highest BCUT2D eigenvalue weighted by Crippen LogP contribution is 2.46. The van der Waals surface area contributed by atoms with Crippen LogP contribution in [0.4, 0.5) is 0 Å². The standard InChI is InChI=1S/C16H23NS/c17-12-16(10-3-4-11-16)14-8-1-2-9-15(14)18-13-6-5-7-13/h1-2,8-9,13H,3-7,10-12,17H2. The molecule has 2 aliphatic rings. The van der Waals surface area contributed by atoms with Gasteiger partial charge in [-0.1, -0.05) is 37.5 Å². The van der Waals surface area contributed by atoms with Crippen LogP contribution < -0.4 is 5.73 Å². The molecule has 3 rings (SSSR count). The molecule has 0 heterocycles. The van der Waals surface area contributed by atoms with Gasteiger partial charge in [0.05, 0.1) is 0 Å². The van der Waals surface area contributed by atoms with Gasteiger partial charge in [-0.15, -0.1) is 11.8 Å². The van der Waals surface area contributed by atoms with Crippen molar-refractivity contribution in [3.63, 3.8) is 0 Å². The van der Waals surface area contributed by atoms with Gasteiger partial charge in [-0.2, -0.15) is 0 Å². The molecule has 0 spiro atoms. The Morgan fingerprint density at radius 1 is 1.11 bits per heavy atom. The Morgan fingerprint density at radius 2 is 1.83 bits per heavy atom. The van der Waals surface area contributed by atoms with Gasteiger partial charge in [0.1, 0.15) is 0 Å². The van der Waals surface area contributed by atoms with Gasteiger partial charge < -0.3 is 5.73 Å². The maximum absolute atomic E-state index is 6.14. The molecule has 18 heavy (non-hydrogen) atoms. The summed E-state index contributed by atoms with van der Waals surface area (Å²) in [5.74, 6) is 0. The average molecular weight is 261 g/mol. The first-order chi connectivity index (χ1) is 8.84. The largest absolute Gasteiger partial charge is 0.330 e. The van der Waals surface area contributed by atoms with Gasteiger partial charge in [0.25, 0.3) is 0 Å². The number of hydrogen-bond acceptors (Lipinski definition) is 2. The van der Waals surface area contributed by atoms with Crippen LogP contribution in [0.2, 0.25) is 0 Å². The molecule has 1 aromatic carbocycles. The van der Waals surface area contributed by atoms with E-state index in [1.807, 2.05) is 0 Å². The zero-order valence-electron chi connectivity index (χ0n) is 11.0. The summed E-state index contributed by atoms with van der Waals surface area (Å²) < 4.78 is 0. The maximum Gasteiger partial charge on any atom is 0.0113 e. The van der Waals surface area contributed by atoms with Crippen molar-refractivity contribution in [2.45, 2.75) is 60.5 Å². The molecule has 2 saturated carbocycles. The lowest BCUT2D eigenvalue weighted by Crippen LogP contribution is -2.32. The topological polar surface area (TPSA) is 26.0 Å². The molecule has 0 amide bonds. The van der Waals surface area contributed by atoms with Crippen molar-refractivity contribution >= 4 is 11.8 Å². The van der Waals surface area contributed by atoms with E-state index in [-0.39, 0.29) is 5.41 Å². The predicted molar refractivity (Wildman–Crippen MR) is 79.1 cm³/mol. The van der Waals surface area contributed by atoms with E-state index in [0.29, 0.717) is 0 Å². The van der Waals surface area contributed by atoms with Crippen molar-refractivity contribution < 1.29 is 0 Å². The van der Waals surface area contributed by atoms with Crippen LogP contribution in [0.3, 0.4) is 0 Å². The molecule has 0 aromatic heterocycles. The van der Waals surface area contributed by atoms with Crippen LogP contribution in [0.15, 0.2) is 29.2 Å². The van der Waals surface area contributed by atoms with Crippen LogP contribution in [-0.4, -0.2) is 11.8 Å².